The van der Waals surface area contributed by atoms with Crippen molar-refractivity contribution in [3.05, 3.63) is 52.4 Å². The molecule has 11 nitrogen and oxygen atoms in total. The summed E-state index contributed by atoms with van der Waals surface area (Å²) < 4.78 is 19.2. The van der Waals surface area contributed by atoms with Gasteiger partial charge in [0.2, 0.25) is 0 Å². The van der Waals surface area contributed by atoms with E-state index in [1.54, 1.807) is 6.07 Å². The smallest absolute Gasteiger partial charge is 0.352 e. The zero-order valence-electron chi connectivity index (χ0n) is 16.6. The van der Waals surface area contributed by atoms with Crippen molar-refractivity contribution in [2.45, 2.75) is 11.4 Å². The van der Waals surface area contributed by atoms with Gasteiger partial charge in [0.1, 0.15) is 29.4 Å². The van der Waals surface area contributed by atoms with E-state index >= 15 is 0 Å². The van der Waals surface area contributed by atoms with E-state index in [0.29, 0.717) is 5.57 Å². The number of carbonyl (C=O) groups excluding carboxylic acids is 2. The number of benzene rings is 1. The summed E-state index contributed by atoms with van der Waals surface area (Å²) in [7, 11) is 0. The highest BCUT2D eigenvalue weighted by molar-refractivity contribution is 8.00. The summed E-state index contributed by atoms with van der Waals surface area (Å²) in [4.78, 5) is 42.1. The van der Waals surface area contributed by atoms with Crippen LogP contribution in [0.4, 0.5) is 9.52 Å². The van der Waals surface area contributed by atoms with Gasteiger partial charge in [0.15, 0.2) is 22.4 Å². The summed E-state index contributed by atoms with van der Waals surface area (Å²) in [5, 5.41) is 25.2. The van der Waals surface area contributed by atoms with Crippen molar-refractivity contribution in [1.29, 1.82) is 0 Å². The van der Waals surface area contributed by atoms with Crippen LogP contribution in [0.3, 0.4) is 0 Å². The monoisotopic (exact) mass is 493 g/mol. The average Bonchev–Trinajstić information content (AvgIpc) is 3.22. The summed E-state index contributed by atoms with van der Waals surface area (Å²) in [6, 6.07) is 4.65. The number of thioether (sulfide) groups is 1. The summed E-state index contributed by atoms with van der Waals surface area (Å²) >= 11 is 2.25. The Balaban J connectivity index is 1.49. The number of aromatic nitrogens is 1. The Kier molecular flexibility index (Phi) is 6.20. The first-order valence-electron chi connectivity index (χ1n) is 9.33. The van der Waals surface area contributed by atoms with Crippen molar-refractivity contribution in [1.82, 2.24) is 15.2 Å². The summed E-state index contributed by atoms with van der Waals surface area (Å²) in [5.74, 6) is -3.32. The number of ether oxygens (including phenoxy) is 1. The van der Waals surface area contributed by atoms with Crippen molar-refractivity contribution >= 4 is 51.7 Å². The number of carboxylic acids is 1. The maximum atomic E-state index is 13.8. The summed E-state index contributed by atoms with van der Waals surface area (Å²) in [5.41, 5.74) is 5.16. The molecule has 172 valence electrons. The molecule has 2 amide bonds. The lowest BCUT2D eigenvalue weighted by molar-refractivity contribution is -0.150. The number of nitrogens with two attached hydrogens (primary N) is 1. The van der Waals surface area contributed by atoms with Gasteiger partial charge in [-0.2, -0.15) is 0 Å². The Bertz CT molecular complexity index is 1200. The number of aliphatic carboxylic acids is 1. The number of oxime groups is 1. The molecule has 0 aliphatic carbocycles. The van der Waals surface area contributed by atoms with E-state index < -0.39 is 40.7 Å². The van der Waals surface area contributed by atoms with Gasteiger partial charge in [-0.25, -0.2) is 14.2 Å². The van der Waals surface area contributed by atoms with Gasteiger partial charge in [-0.15, -0.1) is 23.1 Å². The minimum absolute atomic E-state index is 0.0381. The van der Waals surface area contributed by atoms with Crippen LogP contribution in [0.2, 0.25) is 0 Å². The van der Waals surface area contributed by atoms with Crippen LogP contribution in [0, 0.1) is 5.82 Å². The van der Waals surface area contributed by atoms with E-state index in [2.05, 4.69) is 15.5 Å². The zero-order valence-corrected chi connectivity index (χ0v) is 18.2. The normalized spacial score (nSPS) is 20.2. The predicted octanol–water partition coefficient (Wildman–Crippen LogP) is 0.860. The van der Waals surface area contributed by atoms with Crippen LogP contribution >= 0.6 is 23.1 Å². The predicted molar refractivity (Wildman–Crippen MR) is 116 cm³/mol. The number of para-hydroxylation sites is 1. The largest absolute Gasteiger partial charge is 0.486 e. The first kappa shape index (κ1) is 22.5. The van der Waals surface area contributed by atoms with Gasteiger partial charge >= 0.3 is 5.97 Å². The molecule has 3 heterocycles. The van der Waals surface area contributed by atoms with E-state index in [0.717, 1.165) is 16.2 Å². The Morgan fingerprint density at radius 1 is 1.39 bits per heavy atom. The molecule has 1 aromatic heterocycles. The molecule has 5 N–H and O–H groups in total. The van der Waals surface area contributed by atoms with Gasteiger partial charge in [0.25, 0.3) is 11.8 Å². The van der Waals surface area contributed by atoms with E-state index in [1.165, 1.54) is 35.3 Å². The number of nitrogens with zero attached hydrogens (tertiary/aromatic N) is 3. The number of carboxylic acid groups (broad SMARTS) is 1. The van der Waals surface area contributed by atoms with Gasteiger partial charge in [-0.1, -0.05) is 17.3 Å². The van der Waals surface area contributed by atoms with Crippen molar-refractivity contribution in [2.75, 3.05) is 18.1 Å². The summed E-state index contributed by atoms with van der Waals surface area (Å²) in [6.45, 7) is -0.227. The van der Waals surface area contributed by atoms with Gasteiger partial charge in [0.05, 0.1) is 0 Å². The third-order valence-corrected chi connectivity index (χ3v) is 6.87. The molecule has 1 saturated heterocycles. The average molecular weight is 493 g/mol. The van der Waals surface area contributed by atoms with Crippen LogP contribution in [0.15, 0.2) is 46.1 Å². The number of fused-ring (bicyclic) bond motifs is 1. The van der Waals surface area contributed by atoms with Gasteiger partial charge in [-0.05, 0) is 12.1 Å². The van der Waals surface area contributed by atoms with Crippen molar-refractivity contribution in [3.63, 3.8) is 0 Å². The minimum Gasteiger partial charge on any atom is -0.486 e. The van der Waals surface area contributed by atoms with Crippen molar-refractivity contribution < 1.29 is 33.8 Å². The standard InChI is InChI=1S/C19H16FN5O6S2/c20-9-3-1-2-4-11(9)31-5-8-6-32-17-13(16(27)25(17)14(8)18(28)29)23-15(26)12(24-30)10-7-33-19(21)22-10/h1-4,7,13,17,30H,5-6H2,(H2,21,22)(H,23,26)(H,28,29)/b24-12-/t13?,17-/m1/s1. The fourth-order valence-electron chi connectivity index (χ4n) is 3.34. The van der Waals surface area contributed by atoms with E-state index in [1.807, 2.05) is 0 Å². The molecule has 0 radical (unpaired) electrons. The van der Waals surface area contributed by atoms with Crippen LogP contribution in [0.25, 0.3) is 0 Å². The number of hydrogen-bond acceptors (Lipinski definition) is 10. The lowest BCUT2D eigenvalue weighted by Gasteiger charge is -2.49. The highest BCUT2D eigenvalue weighted by atomic mass is 32.2. The second kappa shape index (κ2) is 9.07. The minimum atomic E-state index is -1.35. The van der Waals surface area contributed by atoms with Gasteiger partial charge in [-0.3, -0.25) is 14.5 Å². The van der Waals surface area contributed by atoms with Crippen molar-refractivity contribution in [3.8, 4) is 5.75 Å². The quantitative estimate of drug-likeness (QED) is 0.189. The molecule has 14 heteroatoms. The molecule has 2 aliphatic heterocycles. The molecule has 2 aliphatic rings. The van der Waals surface area contributed by atoms with Crippen LogP contribution in [0.5, 0.6) is 5.75 Å². The Labute approximate surface area is 193 Å². The lowest BCUT2D eigenvalue weighted by atomic mass is 10.0. The number of nitrogen functional groups attached to an aromatic ring is 1. The highest BCUT2D eigenvalue weighted by Gasteiger charge is 2.54. The number of carbonyl (C=O) groups is 3. The second-order valence-electron chi connectivity index (χ2n) is 6.86. The maximum Gasteiger partial charge on any atom is 0.352 e. The number of thiazole rings is 1. The first-order valence-corrected chi connectivity index (χ1v) is 11.3. The molecular weight excluding hydrogens is 477 g/mol. The summed E-state index contributed by atoms with van der Waals surface area (Å²) in [6.07, 6.45) is 0. The van der Waals surface area contributed by atoms with Crippen LogP contribution in [-0.2, 0) is 14.4 Å². The third-order valence-electron chi connectivity index (χ3n) is 4.85. The van der Waals surface area contributed by atoms with Gasteiger partial charge in [0, 0.05) is 16.7 Å². The fraction of sp³-hybridized carbons (Fsp3) is 0.211. The Morgan fingerprint density at radius 3 is 2.79 bits per heavy atom. The number of amides is 2. The first-order chi connectivity index (χ1) is 15.8. The molecule has 2 atom stereocenters. The topological polar surface area (TPSA) is 167 Å². The Morgan fingerprint density at radius 2 is 2.15 bits per heavy atom. The molecule has 2 aromatic rings. The van der Waals surface area contributed by atoms with Crippen LogP contribution in [0.1, 0.15) is 5.69 Å². The Hall–Kier alpha value is -3.65. The van der Waals surface area contributed by atoms with Crippen molar-refractivity contribution in [2.24, 2.45) is 5.16 Å². The fourth-order valence-corrected chi connectivity index (χ4v) is 5.21. The van der Waals surface area contributed by atoms with Crippen LogP contribution < -0.4 is 15.8 Å². The second-order valence-corrected chi connectivity index (χ2v) is 8.85. The van der Waals surface area contributed by atoms with E-state index in [-0.39, 0.29) is 34.6 Å². The molecular formula is C19H16FN5O6S2. The third kappa shape index (κ3) is 4.21. The number of nitrogens with one attached hydrogen (secondary N) is 1. The maximum absolute atomic E-state index is 13.8. The SMILES string of the molecule is Nc1nc(/C(=N/O)C(=O)NC2C(=O)N3C(C(=O)O)=C(COc4ccccc4F)CS[C@H]23)cs1. The number of anilines is 1. The number of β-lactam (4-membered cyclic amide) rings is 1. The number of hydrogen-bond donors (Lipinski definition) is 4. The van der Waals surface area contributed by atoms with Gasteiger partial charge < -0.3 is 26.1 Å². The number of halogens is 1. The van der Waals surface area contributed by atoms with Crippen LogP contribution in [-0.4, -0.2) is 67.5 Å². The van der Waals surface area contributed by atoms with E-state index in [9.17, 15) is 29.1 Å². The molecule has 33 heavy (non-hydrogen) atoms. The molecule has 0 spiro atoms. The molecule has 1 fully saturated rings. The lowest BCUT2D eigenvalue weighted by Crippen LogP contribution is -2.71. The highest BCUT2D eigenvalue weighted by Crippen LogP contribution is 2.40. The zero-order chi connectivity index (χ0) is 23.7. The number of rotatable bonds is 7. The molecule has 1 unspecified atom stereocenters. The molecule has 0 saturated carbocycles. The van der Waals surface area contributed by atoms with E-state index in [4.69, 9.17) is 10.5 Å². The molecule has 1 aromatic carbocycles. The molecule has 4 rings (SSSR count). The molecule has 0 bridgehead atoms.